The fourth-order valence-electron chi connectivity index (χ4n) is 3.35. The Labute approximate surface area is 136 Å². The van der Waals surface area contributed by atoms with Crippen molar-refractivity contribution in [2.75, 3.05) is 12.4 Å². The van der Waals surface area contributed by atoms with Crippen LogP contribution in [0.1, 0.15) is 24.1 Å². The minimum atomic E-state index is 0.189. The lowest BCUT2D eigenvalue weighted by atomic mass is 9.91. The van der Waals surface area contributed by atoms with E-state index < -0.39 is 0 Å². The molecule has 0 bridgehead atoms. The van der Waals surface area contributed by atoms with Gasteiger partial charge in [-0.15, -0.1) is 0 Å². The molecule has 1 N–H and O–H groups in total. The lowest BCUT2D eigenvalue weighted by Gasteiger charge is -2.27. The molecule has 0 aromatic heterocycles. The monoisotopic (exact) mass is 301 g/mol. The maximum Gasteiger partial charge on any atom is 0.118 e. The van der Waals surface area contributed by atoms with E-state index in [1.807, 2.05) is 12.1 Å². The zero-order valence-electron chi connectivity index (χ0n) is 13.3. The summed E-state index contributed by atoms with van der Waals surface area (Å²) >= 11 is 0. The smallest absolute Gasteiger partial charge is 0.118 e. The number of hydrogen-bond acceptors (Lipinski definition) is 2. The van der Waals surface area contributed by atoms with Gasteiger partial charge in [0.1, 0.15) is 5.75 Å². The van der Waals surface area contributed by atoms with Gasteiger partial charge in [-0.3, -0.25) is 0 Å². The first-order chi connectivity index (χ1) is 11.3. The molecule has 4 rings (SSSR count). The summed E-state index contributed by atoms with van der Waals surface area (Å²) in [6.45, 7) is 2.20. The predicted octanol–water partition coefficient (Wildman–Crippen LogP) is 5.42. The van der Waals surface area contributed by atoms with Crippen LogP contribution in [0, 0.1) is 0 Å². The zero-order valence-corrected chi connectivity index (χ0v) is 13.3. The van der Waals surface area contributed by atoms with Gasteiger partial charge in [-0.25, -0.2) is 0 Å². The van der Waals surface area contributed by atoms with E-state index in [-0.39, 0.29) is 6.04 Å². The number of hydrogen-bond donors (Lipinski definition) is 1. The molecule has 0 amide bonds. The van der Waals surface area contributed by atoms with Crippen LogP contribution in [0.3, 0.4) is 0 Å². The molecule has 0 radical (unpaired) electrons. The number of rotatable bonds is 2. The third-order valence-electron chi connectivity index (χ3n) is 4.53. The van der Waals surface area contributed by atoms with Gasteiger partial charge in [-0.1, -0.05) is 48.5 Å². The predicted molar refractivity (Wildman–Crippen MR) is 97.0 cm³/mol. The highest BCUT2D eigenvalue weighted by Crippen LogP contribution is 2.39. The topological polar surface area (TPSA) is 21.3 Å². The molecule has 2 nitrogen and oxygen atoms in total. The Bertz CT molecular complexity index is 893. The van der Waals surface area contributed by atoms with Crippen molar-refractivity contribution >= 4 is 22.0 Å². The summed E-state index contributed by atoms with van der Waals surface area (Å²) in [6.07, 6.45) is 2.30. The number of nitrogens with one attached hydrogen (secondary N) is 1. The summed E-state index contributed by atoms with van der Waals surface area (Å²) in [4.78, 5) is 0. The van der Waals surface area contributed by atoms with Gasteiger partial charge < -0.3 is 10.1 Å². The molecule has 0 aliphatic carbocycles. The van der Waals surface area contributed by atoms with Gasteiger partial charge in [0, 0.05) is 11.3 Å². The second-order valence-electron chi connectivity index (χ2n) is 5.95. The molecule has 1 atom stereocenters. The lowest BCUT2D eigenvalue weighted by Crippen LogP contribution is -2.14. The van der Waals surface area contributed by atoms with Crippen LogP contribution in [0.4, 0.5) is 5.69 Å². The van der Waals surface area contributed by atoms with Crippen LogP contribution in [0.25, 0.3) is 16.3 Å². The van der Waals surface area contributed by atoms with Crippen molar-refractivity contribution in [2.45, 2.75) is 13.0 Å². The molecular weight excluding hydrogens is 282 g/mol. The molecule has 1 heterocycles. The van der Waals surface area contributed by atoms with Crippen molar-refractivity contribution in [1.82, 2.24) is 0 Å². The molecule has 114 valence electrons. The summed E-state index contributed by atoms with van der Waals surface area (Å²) in [5.74, 6) is 0.886. The van der Waals surface area contributed by atoms with E-state index in [4.69, 9.17) is 4.74 Å². The average Bonchev–Trinajstić information content (AvgIpc) is 2.61. The highest BCUT2D eigenvalue weighted by molar-refractivity contribution is 6.00. The molecule has 23 heavy (non-hydrogen) atoms. The molecular formula is C21H19NO. The quantitative estimate of drug-likeness (QED) is 0.682. The van der Waals surface area contributed by atoms with Crippen molar-refractivity contribution in [3.8, 4) is 5.75 Å². The molecule has 3 aromatic carbocycles. The number of methoxy groups -OCH3 is 1. The lowest BCUT2D eigenvalue weighted by molar-refractivity contribution is 0.414. The van der Waals surface area contributed by atoms with Gasteiger partial charge in [0.15, 0.2) is 0 Å². The fraction of sp³-hybridized carbons (Fsp3) is 0.143. The third-order valence-corrected chi connectivity index (χ3v) is 4.53. The minimum Gasteiger partial charge on any atom is -0.497 e. The number of anilines is 1. The standard InChI is InChI=1S/C21H19NO/c1-14-13-20(16-7-10-17(23-2)11-8-16)22-19-12-9-15-5-3-4-6-18(15)21(14)19/h3-13,20,22H,1-2H3/t20-/m1/s1. The second kappa shape index (κ2) is 5.47. The van der Waals surface area contributed by atoms with Gasteiger partial charge in [0.25, 0.3) is 0 Å². The highest BCUT2D eigenvalue weighted by Gasteiger charge is 2.19. The van der Waals surface area contributed by atoms with Crippen LogP contribution in [0.2, 0.25) is 0 Å². The SMILES string of the molecule is COc1ccc([C@H]2C=C(C)c3c(ccc4ccccc34)N2)cc1. The van der Waals surface area contributed by atoms with Crippen LogP contribution in [-0.4, -0.2) is 7.11 Å². The molecule has 0 spiro atoms. The van der Waals surface area contributed by atoms with Crippen LogP contribution in [-0.2, 0) is 0 Å². The van der Waals surface area contributed by atoms with E-state index in [9.17, 15) is 0 Å². The summed E-state index contributed by atoms with van der Waals surface area (Å²) in [6, 6.07) is 21.4. The molecule has 1 aliphatic rings. The number of benzene rings is 3. The van der Waals surface area contributed by atoms with Crippen molar-refractivity contribution in [1.29, 1.82) is 0 Å². The Morgan fingerprint density at radius 2 is 1.70 bits per heavy atom. The van der Waals surface area contributed by atoms with E-state index in [1.165, 1.54) is 33.2 Å². The first-order valence-corrected chi connectivity index (χ1v) is 7.87. The van der Waals surface area contributed by atoms with Gasteiger partial charge in [0.2, 0.25) is 0 Å². The van der Waals surface area contributed by atoms with E-state index in [2.05, 4.69) is 66.8 Å². The fourth-order valence-corrected chi connectivity index (χ4v) is 3.35. The normalized spacial score (nSPS) is 16.4. The average molecular weight is 301 g/mol. The Morgan fingerprint density at radius 1 is 0.913 bits per heavy atom. The number of allylic oxidation sites excluding steroid dienone is 1. The van der Waals surface area contributed by atoms with Crippen molar-refractivity contribution in [3.63, 3.8) is 0 Å². The summed E-state index contributed by atoms with van der Waals surface area (Å²) in [5.41, 5.74) is 5.07. The first-order valence-electron chi connectivity index (χ1n) is 7.87. The molecule has 2 heteroatoms. The molecule has 0 fully saturated rings. The van der Waals surface area contributed by atoms with Crippen LogP contribution in [0.5, 0.6) is 5.75 Å². The van der Waals surface area contributed by atoms with Gasteiger partial charge in [0.05, 0.1) is 13.2 Å². The largest absolute Gasteiger partial charge is 0.497 e. The Kier molecular flexibility index (Phi) is 3.30. The van der Waals surface area contributed by atoms with E-state index >= 15 is 0 Å². The highest BCUT2D eigenvalue weighted by atomic mass is 16.5. The molecule has 0 saturated heterocycles. The van der Waals surface area contributed by atoms with E-state index in [0.717, 1.165) is 5.75 Å². The van der Waals surface area contributed by atoms with Crippen molar-refractivity contribution < 1.29 is 4.74 Å². The molecule has 1 aliphatic heterocycles. The second-order valence-corrected chi connectivity index (χ2v) is 5.95. The zero-order chi connectivity index (χ0) is 15.8. The first kappa shape index (κ1) is 13.9. The maximum absolute atomic E-state index is 5.25. The van der Waals surface area contributed by atoms with Crippen molar-refractivity contribution in [2.24, 2.45) is 0 Å². The molecule has 0 saturated carbocycles. The number of fused-ring (bicyclic) bond motifs is 3. The third kappa shape index (κ3) is 2.36. The van der Waals surface area contributed by atoms with E-state index in [0.29, 0.717) is 0 Å². The van der Waals surface area contributed by atoms with Crippen LogP contribution in [0.15, 0.2) is 66.7 Å². The molecule has 0 unspecified atom stereocenters. The maximum atomic E-state index is 5.25. The summed E-state index contributed by atoms with van der Waals surface area (Å²) in [5, 5.41) is 6.24. The van der Waals surface area contributed by atoms with Gasteiger partial charge in [-0.05, 0) is 47.0 Å². The summed E-state index contributed by atoms with van der Waals surface area (Å²) in [7, 11) is 1.69. The van der Waals surface area contributed by atoms with Gasteiger partial charge >= 0.3 is 0 Å². The Balaban J connectivity index is 1.78. The van der Waals surface area contributed by atoms with E-state index in [1.54, 1.807) is 7.11 Å². The van der Waals surface area contributed by atoms with Crippen LogP contribution >= 0.6 is 0 Å². The summed E-state index contributed by atoms with van der Waals surface area (Å²) < 4.78 is 5.25. The van der Waals surface area contributed by atoms with Gasteiger partial charge in [-0.2, -0.15) is 0 Å². The minimum absolute atomic E-state index is 0.189. The molecule has 3 aromatic rings. The van der Waals surface area contributed by atoms with Crippen molar-refractivity contribution in [3.05, 3.63) is 77.9 Å². The van der Waals surface area contributed by atoms with Crippen LogP contribution < -0.4 is 10.1 Å². The number of ether oxygens (including phenoxy) is 1. The Hall–Kier alpha value is -2.74. The Morgan fingerprint density at radius 3 is 2.48 bits per heavy atom.